The third-order valence-electron chi connectivity index (χ3n) is 4.02. The maximum atomic E-state index is 13.2. The van der Waals surface area contributed by atoms with Crippen molar-refractivity contribution in [1.29, 1.82) is 0 Å². The standard InChI is InChI=1S/C15H15F3N4O/c1-21(2)11-5-3-4-9-7-22(8-10(9)11)12-6-19-20-14(23)13(12)15(16,17)18/h3-6,13H,7-8H2,1-2H3. The lowest BCUT2D eigenvalue weighted by atomic mass is 10.0. The van der Waals surface area contributed by atoms with Gasteiger partial charge in [-0.3, -0.25) is 4.79 Å². The molecule has 0 bridgehead atoms. The molecule has 23 heavy (non-hydrogen) atoms. The van der Waals surface area contributed by atoms with Gasteiger partial charge in [0.05, 0.1) is 11.9 Å². The lowest BCUT2D eigenvalue weighted by Gasteiger charge is -2.29. The first-order valence-electron chi connectivity index (χ1n) is 7.03. The summed E-state index contributed by atoms with van der Waals surface area (Å²) in [5.74, 6) is -3.50. The van der Waals surface area contributed by atoms with Gasteiger partial charge in [0, 0.05) is 32.9 Å². The van der Waals surface area contributed by atoms with Gasteiger partial charge in [0.15, 0.2) is 5.92 Å². The summed E-state index contributed by atoms with van der Waals surface area (Å²) in [5.41, 5.74) is 2.73. The van der Waals surface area contributed by atoms with E-state index in [1.165, 1.54) is 0 Å². The van der Waals surface area contributed by atoms with Crippen LogP contribution in [0.2, 0.25) is 0 Å². The van der Waals surface area contributed by atoms with Crippen molar-refractivity contribution in [2.45, 2.75) is 19.3 Å². The van der Waals surface area contributed by atoms with Crippen LogP contribution in [-0.2, 0) is 17.9 Å². The van der Waals surface area contributed by atoms with Crippen LogP contribution in [0.4, 0.5) is 18.9 Å². The minimum atomic E-state index is -4.68. The molecule has 2 aliphatic heterocycles. The van der Waals surface area contributed by atoms with Gasteiger partial charge in [-0.05, 0) is 17.2 Å². The molecule has 1 amide bonds. The number of hydrogen-bond donors (Lipinski definition) is 0. The average molecular weight is 324 g/mol. The van der Waals surface area contributed by atoms with Crippen LogP contribution < -0.4 is 4.90 Å². The lowest BCUT2D eigenvalue weighted by Crippen LogP contribution is -2.38. The Morgan fingerprint density at radius 1 is 1.26 bits per heavy atom. The summed E-state index contributed by atoms with van der Waals surface area (Å²) in [4.78, 5) is 15.1. The molecule has 0 saturated carbocycles. The summed E-state index contributed by atoms with van der Waals surface area (Å²) in [6.07, 6.45) is -3.64. The van der Waals surface area contributed by atoms with Gasteiger partial charge in [-0.15, -0.1) is 5.11 Å². The highest BCUT2D eigenvalue weighted by Gasteiger charge is 2.50. The number of alkyl halides is 3. The number of carbonyl (C=O) groups is 1. The van der Waals surface area contributed by atoms with Crippen molar-refractivity contribution in [1.82, 2.24) is 4.90 Å². The van der Waals surface area contributed by atoms with E-state index in [1.807, 2.05) is 37.2 Å². The van der Waals surface area contributed by atoms with E-state index in [2.05, 4.69) is 10.2 Å². The Kier molecular flexibility index (Phi) is 3.62. The van der Waals surface area contributed by atoms with Gasteiger partial charge >= 0.3 is 6.18 Å². The second-order valence-electron chi connectivity index (χ2n) is 5.75. The monoisotopic (exact) mass is 324 g/mol. The molecule has 0 aromatic heterocycles. The number of fused-ring (bicyclic) bond motifs is 1. The molecule has 0 fully saturated rings. The normalized spacial score (nSPS) is 20.6. The molecule has 8 heteroatoms. The average Bonchev–Trinajstić information content (AvgIpc) is 2.88. The maximum absolute atomic E-state index is 13.2. The zero-order valence-electron chi connectivity index (χ0n) is 12.6. The van der Waals surface area contributed by atoms with Crippen LogP contribution in [0, 0.1) is 5.92 Å². The minimum Gasteiger partial charge on any atom is -0.377 e. The topological polar surface area (TPSA) is 48.3 Å². The van der Waals surface area contributed by atoms with E-state index >= 15 is 0 Å². The fourth-order valence-corrected chi connectivity index (χ4v) is 2.98. The zero-order chi connectivity index (χ0) is 16.8. The van der Waals surface area contributed by atoms with Crippen molar-refractivity contribution in [3.8, 4) is 0 Å². The number of azo groups is 1. The number of halogens is 3. The molecule has 3 rings (SSSR count). The molecule has 1 unspecified atom stereocenters. The van der Waals surface area contributed by atoms with Crippen LogP contribution in [-0.4, -0.2) is 31.1 Å². The van der Waals surface area contributed by atoms with Gasteiger partial charge in [-0.25, -0.2) is 0 Å². The van der Waals surface area contributed by atoms with Crippen molar-refractivity contribution in [3.05, 3.63) is 41.2 Å². The fraction of sp³-hybridized carbons (Fsp3) is 0.400. The maximum Gasteiger partial charge on any atom is 0.406 e. The Morgan fingerprint density at radius 2 is 2.00 bits per heavy atom. The zero-order valence-corrected chi connectivity index (χ0v) is 12.6. The molecule has 2 aliphatic rings. The largest absolute Gasteiger partial charge is 0.406 e. The molecular formula is C15H15F3N4O. The third kappa shape index (κ3) is 2.69. The molecule has 0 saturated heterocycles. The van der Waals surface area contributed by atoms with Crippen LogP contribution in [0.5, 0.6) is 0 Å². The van der Waals surface area contributed by atoms with Crippen LogP contribution in [0.3, 0.4) is 0 Å². The summed E-state index contributed by atoms with van der Waals surface area (Å²) in [6.45, 7) is 0.628. The summed E-state index contributed by atoms with van der Waals surface area (Å²) in [7, 11) is 3.77. The van der Waals surface area contributed by atoms with E-state index in [1.54, 1.807) is 4.90 Å². The summed E-state index contributed by atoms with van der Waals surface area (Å²) < 4.78 is 39.7. The molecule has 1 atom stereocenters. The molecule has 0 N–H and O–H groups in total. The fourth-order valence-electron chi connectivity index (χ4n) is 2.98. The van der Waals surface area contributed by atoms with Gasteiger partial charge < -0.3 is 9.80 Å². The van der Waals surface area contributed by atoms with E-state index in [0.717, 1.165) is 23.0 Å². The molecule has 0 spiro atoms. The molecule has 0 radical (unpaired) electrons. The van der Waals surface area contributed by atoms with Gasteiger partial charge in [0.25, 0.3) is 5.91 Å². The quantitative estimate of drug-likeness (QED) is 0.840. The predicted molar refractivity (Wildman–Crippen MR) is 77.5 cm³/mol. The minimum absolute atomic E-state index is 0.140. The molecule has 5 nitrogen and oxygen atoms in total. The Labute approximate surface area is 131 Å². The van der Waals surface area contributed by atoms with E-state index < -0.39 is 18.0 Å². The summed E-state index contributed by atoms with van der Waals surface area (Å²) in [5, 5.41) is 6.48. The number of rotatable bonds is 2. The first-order valence-corrected chi connectivity index (χ1v) is 7.03. The number of benzene rings is 1. The number of carbonyl (C=O) groups excluding carboxylic acids is 1. The van der Waals surface area contributed by atoms with Crippen LogP contribution >= 0.6 is 0 Å². The summed E-state index contributed by atoms with van der Waals surface area (Å²) >= 11 is 0. The Hall–Kier alpha value is -2.38. The predicted octanol–water partition coefficient (Wildman–Crippen LogP) is 3.08. The van der Waals surface area contributed by atoms with Crippen molar-refractivity contribution < 1.29 is 18.0 Å². The molecule has 2 heterocycles. The Morgan fingerprint density at radius 3 is 2.65 bits per heavy atom. The highest BCUT2D eigenvalue weighted by molar-refractivity contribution is 5.83. The highest BCUT2D eigenvalue weighted by atomic mass is 19.4. The highest BCUT2D eigenvalue weighted by Crippen LogP contribution is 2.41. The van der Waals surface area contributed by atoms with Gasteiger partial charge in [-0.2, -0.15) is 18.3 Å². The Balaban J connectivity index is 1.95. The molecule has 122 valence electrons. The van der Waals surface area contributed by atoms with Crippen molar-refractivity contribution in [3.63, 3.8) is 0 Å². The van der Waals surface area contributed by atoms with Crippen LogP contribution in [0.1, 0.15) is 11.1 Å². The van der Waals surface area contributed by atoms with Crippen molar-refractivity contribution in [2.75, 3.05) is 19.0 Å². The second kappa shape index (κ2) is 5.36. The van der Waals surface area contributed by atoms with Gasteiger partial charge in [-0.1, -0.05) is 12.1 Å². The van der Waals surface area contributed by atoms with E-state index in [0.29, 0.717) is 13.1 Å². The van der Waals surface area contributed by atoms with Gasteiger partial charge in [0.1, 0.15) is 0 Å². The summed E-state index contributed by atoms with van der Waals surface area (Å²) in [6, 6.07) is 5.68. The molecule has 1 aromatic carbocycles. The third-order valence-corrected chi connectivity index (χ3v) is 4.02. The number of amides is 1. The van der Waals surface area contributed by atoms with Crippen molar-refractivity contribution in [2.24, 2.45) is 16.1 Å². The van der Waals surface area contributed by atoms with Crippen molar-refractivity contribution >= 4 is 11.6 Å². The van der Waals surface area contributed by atoms with E-state index in [9.17, 15) is 18.0 Å². The van der Waals surface area contributed by atoms with Crippen LogP contribution in [0.15, 0.2) is 40.3 Å². The molecule has 0 aliphatic carbocycles. The van der Waals surface area contributed by atoms with Crippen LogP contribution in [0.25, 0.3) is 0 Å². The first kappa shape index (κ1) is 15.5. The van der Waals surface area contributed by atoms with E-state index in [-0.39, 0.29) is 5.70 Å². The first-order chi connectivity index (χ1) is 10.8. The number of nitrogens with zero attached hydrogens (tertiary/aromatic N) is 4. The smallest absolute Gasteiger partial charge is 0.377 e. The SMILES string of the molecule is CN(C)c1cccc2c1CN(C1=CN=NC(=O)C1C(F)(F)F)C2. The van der Waals surface area contributed by atoms with Gasteiger partial charge in [0.2, 0.25) is 0 Å². The second-order valence-corrected chi connectivity index (χ2v) is 5.75. The molecule has 1 aromatic rings. The molecular weight excluding hydrogens is 309 g/mol. The lowest BCUT2D eigenvalue weighted by molar-refractivity contribution is -0.177. The number of hydrogen-bond acceptors (Lipinski definition) is 4. The number of anilines is 1. The van der Waals surface area contributed by atoms with E-state index in [4.69, 9.17) is 0 Å². The Bertz CT molecular complexity index is 709.